The number of benzene rings is 1. The summed E-state index contributed by atoms with van der Waals surface area (Å²) in [6.45, 7) is 6.78. The number of anilines is 1. The predicted octanol–water partition coefficient (Wildman–Crippen LogP) is 3.40. The van der Waals surface area contributed by atoms with Gasteiger partial charge < -0.3 is 5.32 Å². The molecule has 0 unspecified atom stereocenters. The van der Waals surface area contributed by atoms with Gasteiger partial charge in [-0.15, -0.1) is 18.3 Å². The third-order valence-corrected chi connectivity index (χ3v) is 2.68. The molecular weight excluding hydrogens is 178 g/mol. The van der Waals surface area contributed by atoms with Gasteiger partial charge in [-0.05, 0) is 19.1 Å². The first kappa shape index (κ1) is 10.2. The maximum atomic E-state index is 3.71. The monoisotopic (exact) mass is 193 g/mol. The lowest BCUT2D eigenvalue weighted by atomic mass is 10.3. The van der Waals surface area contributed by atoms with Crippen LogP contribution in [0.2, 0.25) is 0 Å². The van der Waals surface area contributed by atoms with E-state index in [1.54, 1.807) is 11.8 Å². The van der Waals surface area contributed by atoms with Gasteiger partial charge in [-0.3, -0.25) is 0 Å². The van der Waals surface area contributed by atoms with E-state index in [1.165, 1.54) is 10.6 Å². The van der Waals surface area contributed by atoms with Gasteiger partial charge in [0.25, 0.3) is 0 Å². The molecule has 13 heavy (non-hydrogen) atoms. The Kier molecular flexibility index (Phi) is 4.47. The minimum absolute atomic E-state index is 0.961. The molecular formula is C11H15NS. The third-order valence-electron chi connectivity index (χ3n) is 1.61. The first-order valence-electron chi connectivity index (χ1n) is 4.45. The van der Waals surface area contributed by atoms with Crippen LogP contribution in [0, 0.1) is 0 Å². The zero-order valence-corrected chi connectivity index (χ0v) is 8.73. The van der Waals surface area contributed by atoms with Gasteiger partial charge in [0.15, 0.2) is 0 Å². The van der Waals surface area contributed by atoms with Crippen molar-refractivity contribution in [1.82, 2.24) is 0 Å². The molecule has 0 aromatic heterocycles. The second-order valence-corrected chi connectivity index (χ2v) is 3.69. The molecule has 0 aliphatic carbocycles. The van der Waals surface area contributed by atoms with Crippen molar-refractivity contribution >= 4 is 17.4 Å². The molecule has 0 aliphatic heterocycles. The van der Waals surface area contributed by atoms with Crippen molar-refractivity contribution in [3.05, 3.63) is 36.9 Å². The molecule has 0 heterocycles. The molecule has 0 bridgehead atoms. The van der Waals surface area contributed by atoms with E-state index in [9.17, 15) is 0 Å². The first-order chi connectivity index (χ1) is 6.38. The highest BCUT2D eigenvalue weighted by Gasteiger charge is 1.98. The van der Waals surface area contributed by atoms with Crippen LogP contribution in [0.25, 0.3) is 0 Å². The van der Waals surface area contributed by atoms with Crippen LogP contribution in [0.15, 0.2) is 41.8 Å². The van der Waals surface area contributed by atoms with E-state index in [4.69, 9.17) is 0 Å². The Hall–Kier alpha value is -0.890. The van der Waals surface area contributed by atoms with Crippen molar-refractivity contribution in [2.24, 2.45) is 0 Å². The fourth-order valence-corrected chi connectivity index (χ4v) is 1.85. The van der Waals surface area contributed by atoms with Crippen molar-refractivity contribution in [1.29, 1.82) is 0 Å². The normalized spacial score (nSPS) is 9.62. The summed E-state index contributed by atoms with van der Waals surface area (Å²) >= 11 is 1.81. The highest BCUT2D eigenvalue weighted by atomic mass is 32.2. The molecule has 0 saturated heterocycles. The average Bonchev–Trinajstić information content (AvgIpc) is 2.17. The molecule has 0 atom stereocenters. The minimum atomic E-state index is 0.961. The van der Waals surface area contributed by atoms with Crippen LogP contribution in [0.1, 0.15) is 6.92 Å². The molecule has 0 radical (unpaired) electrons. The van der Waals surface area contributed by atoms with Gasteiger partial charge in [0.2, 0.25) is 0 Å². The highest BCUT2D eigenvalue weighted by Crippen LogP contribution is 2.26. The van der Waals surface area contributed by atoms with E-state index < -0.39 is 0 Å². The van der Waals surface area contributed by atoms with E-state index in [0.717, 1.165) is 12.3 Å². The van der Waals surface area contributed by atoms with E-state index in [0.29, 0.717) is 0 Å². The van der Waals surface area contributed by atoms with Gasteiger partial charge in [0.1, 0.15) is 0 Å². The van der Waals surface area contributed by atoms with E-state index >= 15 is 0 Å². The van der Waals surface area contributed by atoms with Crippen LogP contribution in [-0.4, -0.2) is 12.3 Å². The molecule has 1 aromatic rings. The Morgan fingerprint density at radius 2 is 2.23 bits per heavy atom. The maximum absolute atomic E-state index is 3.71. The molecule has 0 saturated carbocycles. The van der Waals surface area contributed by atoms with E-state index in [2.05, 4.69) is 43.1 Å². The van der Waals surface area contributed by atoms with Gasteiger partial charge in [0, 0.05) is 22.9 Å². The molecule has 1 rings (SSSR count). The Labute approximate surface area is 84.2 Å². The van der Waals surface area contributed by atoms with Gasteiger partial charge in [0.05, 0.1) is 0 Å². The van der Waals surface area contributed by atoms with Crippen LogP contribution >= 0.6 is 11.8 Å². The number of nitrogens with one attached hydrogen (secondary N) is 1. The minimum Gasteiger partial charge on any atom is -0.384 e. The molecule has 1 nitrogen and oxygen atoms in total. The lowest BCUT2D eigenvalue weighted by molar-refractivity contribution is 1.19. The smallest absolute Gasteiger partial charge is 0.0478 e. The summed E-state index contributed by atoms with van der Waals surface area (Å²) in [7, 11) is 0. The lowest BCUT2D eigenvalue weighted by Crippen LogP contribution is -1.97. The van der Waals surface area contributed by atoms with Crippen LogP contribution in [0.3, 0.4) is 0 Å². The predicted molar refractivity (Wildman–Crippen MR) is 61.5 cm³/mol. The molecule has 0 spiro atoms. The second-order valence-electron chi connectivity index (χ2n) is 2.63. The third kappa shape index (κ3) is 3.15. The number of hydrogen-bond acceptors (Lipinski definition) is 2. The fraction of sp³-hybridized carbons (Fsp3) is 0.273. The summed E-state index contributed by atoms with van der Waals surface area (Å²) < 4.78 is 0. The molecule has 0 fully saturated rings. The molecule has 1 aromatic carbocycles. The van der Waals surface area contributed by atoms with Gasteiger partial charge in [-0.2, -0.15) is 0 Å². The number of para-hydroxylation sites is 1. The van der Waals surface area contributed by atoms with Crippen LogP contribution in [-0.2, 0) is 0 Å². The zero-order valence-electron chi connectivity index (χ0n) is 7.92. The summed E-state index contributed by atoms with van der Waals surface area (Å²) in [5, 5.41) is 3.33. The summed E-state index contributed by atoms with van der Waals surface area (Å²) in [5.41, 5.74) is 1.22. The SMILES string of the molecule is C=CCSc1ccccc1NCC. The molecule has 2 heteroatoms. The van der Waals surface area contributed by atoms with Gasteiger partial charge >= 0.3 is 0 Å². The number of hydrogen-bond donors (Lipinski definition) is 1. The Morgan fingerprint density at radius 1 is 1.46 bits per heavy atom. The Bertz CT molecular complexity index is 271. The van der Waals surface area contributed by atoms with Gasteiger partial charge in [-0.25, -0.2) is 0 Å². The number of rotatable bonds is 5. The first-order valence-corrected chi connectivity index (χ1v) is 5.43. The lowest BCUT2D eigenvalue weighted by Gasteiger charge is -2.08. The van der Waals surface area contributed by atoms with E-state index in [-0.39, 0.29) is 0 Å². The second kappa shape index (κ2) is 5.70. The van der Waals surface area contributed by atoms with Crippen molar-refractivity contribution in [2.75, 3.05) is 17.6 Å². The largest absolute Gasteiger partial charge is 0.384 e. The molecule has 1 N–H and O–H groups in total. The van der Waals surface area contributed by atoms with Crippen molar-refractivity contribution in [3.63, 3.8) is 0 Å². The van der Waals surface area contributed by atoms with Crippen molar-refractivity contribution < 1.29 is 0 Å². The maximum Gasteiger partial charge on any atom is 0.0478 e. The quantitative estimate of drug-likeness (QED) is 0.568. The Morgan fingerprint density at radius 3 is 2.92 bits per heavy atom. The fourth-order valence-electron chi connectivity index (χ4n) is 1.08. The zero-order chi connectivity index (χ0) is 9.52. The van der Waals surface area contributed by atoms with Crippen LogP contribution < -0.4 is 5.32 Å². The molecule has 0 aliphatic rings. The van der Waals surface area contributed by atoms with Crippen molar-refractivity contribution in [2.45, 2.75) is 11.8 Å². The molecule has 70 valence electrons. The highest BCUT2D eigenvalue weighted by molar-refractivity contribution is 7.99. The van der Waals surface area contributed by atoms with Crippen LogP contribution in [0.4, 0.5) is 5.69 Å². The van der Waals surface area contributed by atoms with E-state index in [1.807, 2.05) is 6.08 Å². The molecule has 0 amide bonds. The van der Waals surface area contributed by atoms with Crippen LogP contribution in [0.5, 0.6) is 0 Å². The van der Waals surface area contributed by atoms with Crippen molar-refractivity contribution in [3.8, 4) is 0 Å². The number of thioether (sulfide) groups is 1. The summed E-state index contributed by atoms with van der Waals surface area (Å²) in [4.78, 5) is 1.30. The standard InChI is InChI=1S/C11H15NS/c1-3-9-13-11-8-6-5-7-10(11)12-4-2/h3,5-8,12H,1,4,9H2,2H3. The summed E-state index contributed by atoms with van der Waals surface area (Å²) in [5.74, 6) is 0.961. The topological polar surface area (TPSA) is 12.0 Å². The van der Waals surface area contributed by atoms with Gasteiger partial charge in [-0.1, -0.05) is 18.2 Å². The Balaban J connectivity index is 2.71. The average molecular weight is 193 g/mol. The summed E-state index contributed by atoms with van der Waals surface area (Å²) in [6, 6.07) is 8.35. The summed E-state index contributed by atoms with van der Waals surface area (Å²) in [6.07, 6.45) is 1.92.